The zero-order valence-corrected chi connectivity index (χ0v) is 18.8. The van der Waals surface area contributed by atoms with Crippen molar-refractivity contribution < 1.29 is 23.1 Å². The van der Waals surface area contributed by atoms with Gasteiger partial charge >= 0.3 is 5.97 Å². The summed E-state index contributed by atoms with van der Waals surface area (Å²) >= 11 is 6.26. The van der Waals surface area contributed by atoms with Gasteiger partial charge < -0.3 is 9.67 Å². The van der Waals surface area contributed by atoms with Gasteiger partial charge in [0.1, 0.15) is 17.0 Å². The Morgan fingerprint density at radius 2 is 1.79 bits per heavy atom. The van der Waals surface area contributed by atoms with Crippen molar-refractivity contribution in [3.8, 4) is 0 Å². The molecule has 2 heterocycles. The lowest BCUT2D eigenvalue weighted by Gasteiger charge is -2.10. The number of pyridine rings is 1. The average Bonchev–Trinajstić information content (AvgIpc) is 3.09. The minimum Gasteiger partial charge on any atom is -0.478 e. The molecule has 0 aliphatic heterocycles. The number of benzene rings is 2. The second-order valence-electron chi connectivity index (χ2n) is 7.14. The van der Waals surface area contributed by atoms with Gasteiger partial charge in [0.25, 0.3) is 15.9 Å². The summed E-state index contributed by atoms with van der Waals surface area (Å²) in [5.74, 6) is -1.38. The number of imidazole rings is 1. The van der Waals surface area contributed by atoms with E-state index in [-0.39, 0.29) is 27.7 Å². The number of carbonyl (C=O) groups is 2. The van der Waals surface area contributed by atoms with Crippen LogP contribution in [0.4, 0.5) is 0 Å². The van der Waals surface area contributed by atoms with Crippen LogP contribution in [0, 0.1) is 6.92 Å². The molecule has 2 aromatic carbocycles. The van der Waals surface area contributed by atoms with E-state index in [1.54, 1.807) is 41.8 Å². The van der Waals surface area contributed by atoms with Gasteiger partial charge in [-0.25, -0.2) is 27.9 Å². The maximum atomic E-state index is 12.6. The smallest absolute Gasteiger partial charge is 0.335 e. The first-order chi connectivity index (χ1) is 15.7. The fourth-order valence-corrected chi connectivity index (χ4v) is 4.46. The second kappa shape index (κ2) is 8.64. The summed E-state index contributed by atoms with van der Waals surface area (Å²) in [6.45, 7) is 1.97. The summed E-state index contributed by atoms with van der Waals surface area (Å²) in [6.07, 6.45) is 0. The highest BCUT2D eigenvalue weighted by molar-refractivity contribution is 7.90. The van der Waals surface area contributed by atoms with Gasteiger partial charge in [-0.3, -0.25) is 4.79 Å². The molecule has 0 fully saturated rings. The van der Waals surface area contributed by atoms with Crippen molar-refractivity contribution in [3.05, 3.63) is 88.3 Å². The number of rotatable bonds is 6. The highest BCUT2D eigenvalue weighted by Crippen LogP contribution is 2.23. The maximum Gasteiger partial charge on any atom is 0.335 e. The van der Waals surface area contributed by atoms with E-state index in [4.69, 9.17) is 16.7 Å². The first-order valence-corrected chi connectivity index (χ1v) is 11.5. The van der Waals surface area contributed by atoms with Gasteiger partial charge in [-0.05, 0) is 48.9 Å². The van der Waals surface area contributed by atoms with E-state index in [9.17, 15) is 18.0 Å². The molecule has 9 nitrogen and oxygen atoms in total. The normalized spacial score (nSPS) is 11.5. The lowest BCUT2D eigenvalue weighted by atomic mass is 10.1. The molecule has 0 spiro atoms. The van der Waals surface area contributed by atoms with Crippen molar-refractivity contribution in [2.75, 3.05) is 0 Å². The molecule has 2 N–H and O–H groups in total. The van der Waals surface area contributed by atoms with Crippen LogP contribution in [0.25, 0.3) is 11.2 Å². The Balaban J connectivity index is 1.66. The number of nitrogens with one attached hydrogen (secondary N) is 1. The minimum atomic E-state index is -4.06. The first kappa shape index (κ1) is 22.4. The Kier molecular flexibility index (Phi) is 5.88. The number of hydrogen-bond donors (Lipinski definition) is 2. The molecular weight excluding hydrogens is 468 g/mol. The lowest BCUT2D eigenvalue weighted by Crippen LogP contribution is -2.31. The SMILES string of the molecule is Cc1nc2ccc(C(=O)NS(=O)(=O)c3ccccc3)nc2n1Cc1ccc(C(=O)O)cc1Cl. The zero-order chi connectivity index (χ0) is 23.8. The number of aromatic nitrogens is 3. The number of nitrogens with zero attached hydrogens (tertiary/aromatic N) is 3. The van der Waals surface area contributed by atoms with E-state index in [0.29, 0.717) is 22.6 Å². The number of halogens is 1. The molecule has 4 aromatic rings. The summed E-state index contributed by atoms with van der Waals surface area (Å²) in [4.78, 5) is 32.5. The third-order valence-corrected chi connectivity index (χ3v) is 6.62. The summed E-state index contributed by atoms with van der Waals surface area (Å²) < 4.78 is 28.7. The van der Waals surface area contributed by atoms with E-state index in [1.807, 2.05) is 4.72 Å². The van der Waals surface area contributed by atoms with Crippen molar-refractivity contribution >= 4 is 44.7 Å². The molecule has 11 heteroatoms. The predicted molar refractivity (Wildman–Crippen MR) is 121 cm³/mol. The number of carbonyl (C=O) groups excluding carboxylic acids is 1. The summed E-state index contributed by atoms with van der Waals surface area (Å²) in [7, 11) is -4.06. The molecule has 168 valence electrons. The molecule has 0 bridgehead atoms. The topological polar surface area (TPSA) is 131 Å². The molecule has 2 aromatic heterocycles. The Bertz CT molecular complexity index is 1500. The summed E-state index contributed by atoms with van der Waals surface area (Å²) in [6, 6.07) is 14.9. The molecule has 0 saturated heterocycles. The molecular formula is C22H17ClN4O5S. The van der Waals surface area contributed by atoms with Crippen molar-refractivity contribution in [3.63, 3.8) is 0 Å². The molecule has 0 unspecified atom stereocenters. The summed E-state index contributed by atoms with van der Waals surface area (Å²) in [5.41, 5.74) is 1.46. The van der Waals surface area contributed by atoms with E-state index >= 15 is 0 Å². The third kappa shape index (κ3) is 4.57. The number of aryl methyl sites for hydroxylation is 1. The molecule has 1 amide bonds. The van der Waals surface area contributed by atoms with E-state index in [1.165, 1.54) is 30.3 Å². The van der Waals surface area contributed by atoms with Crippen LogP contribution >= 0.6 is 11.6 Å². The van der Waals surface area contributed by atoms with Crippen molar-refractivity contribution in [1.29, 1.82) is 0 Å². The number of amides is 1. The van der Waals surface area contributed by atoms with Crippen molar-refractivity contribution in [1.82, 2.24) is 19.3 Å². The lowest BCUT2D eigenvalue weighted by molar-refractivity contribution is 0.0696. The zero-order valence-electron chi connectivity index (χ0n) is 17.2. The molecule has 0 atom stereocenters. The van der Waals surface area contributed by atoms with Gasteiger partial charge in [-0.15, -0.1) is 0 Å². The van der Waals surface area contributed by atoms with Crippen LogP contribution in [0.3, 0.4) is 0 Å². The second-order valence-corrected chi connectivity index (χ2v) is 9.23. The molecule has 33 heavy (non-hydrogen) atoms. The monoisotopic (exact) mass is 484 g/mol. The Morgan fingerprint density at radius 3 is 2.45 bits per heavy atom. The van der Waals surface area contributed by atoms with Crippen molar-refractivity contribution in [2.45, 2.75) is 18.4 Å². The quantitative estimate of drug-likeness (QED) is 0.429. The molecule has 4 rings (SSSR count). The first-order valence-electron chi connectivity index (χ1n) is 9.63. The number of sulfonamides is 1. The maximum absolute atomic E-state index is 12.6. The standard InChI is InChI=1S/C22H17ClN4O5S/c1-13-24-18-9-10-19(21(28)26-33(31,32)16-5-3-2-4-6-16)25-20(18)27(13)12-15-8-7-14(22(29)30)11-17(15)23/h2-11H,12H2,1H3,(H,26,28)(H,29,30). The molecule has 0 aliphatic carbocycles. The number of aromatic carboxylic acids is 1. The highest BCUT2D eigenvalue weighted by Gasteiger charge is 2.21. The minimum absolute atomic E-state index is 0.0419. The van der Waals surface area contributed by atoms with Crippen LogP contribution < -0.4 is 4.72 Å². The molecule has 0 radical (unpaired) electrons. The van der Waals surface area contributed by atoms with Crippen LogP contribution in [0.1, 0.15) is 32.2 Å². The van der Waals surface area contributed by atoms with Gasteiger partial charge in [0.05, 0.1) is 17.0 Å². The fourth-order valence-electron chi connectivity index (χ4n) is 3.24. The van der Waals surface area contributed by atoms with Gasteiger partial charge in [0, 0.05) is 5.02 Å². The number of hydrogen-bond acceptors (Lipinski definition) is 6. The summed E-state index contributed by atoms with van der Waals surface area (Å²) in [5, 5.41) is 9.38. The highest BCUT2D eigenvalue weighted by atomic mass is 35.5. The van der Waals surface area contributed by atoms with Gasteiger partial charge in [0.15, 0.2) is 5.65 Å². The number of fused-ring (bicyclic) bond motifs is 1. The Hall–Kier alpha value is -3.76. The van der Waals surface area contributed by atoms with E-state index in [2.05, 4.69) is 9.97 Å². The van der Waals surface area contributed by atoms with Crippen LogP contribution in [0.5, 0.6) is 0 Å². The number of carboxylic acids is 1. The van der Waals surface area contributed by atoms with Crippen LogP contribution in [-0.2, 0) is 16.6 Å². The van der Waals surface area contributed by atoms with Crippen molar-refractivity contribution in [2.24, 2.45) is 0 Å². The predicted octanol–water partition coefficient (Wildman–Crippen LogP) is 3.26. The van der Waals surface area contributed by atoms with Gasteiger partial charge in [-0.2, -0.15) is 0 Å². The van der Waals surface area contributed by atoms with E-state index < -0.39 is 21.9 Å². The Morgan fingerprint density at radius 1 is 1.06 bits per heavy atom. The largest absolute Gasteiger partial charge is 0.478 e. The third-order valence-electron chi connectivity index (χ3n) is 4.92. The van der Waals surface area contributed by atoms with Gasteiger partial charge in [-0.1, -0.05) is 35.9 Å². The van der Waals surface area contributed by atoms with Gasteiger partial charge in [0.2, 0.25) is 0 Å². The molecule has 0 saturated carbocycles. The molecule has 0 aliphatic rings. The fraction of sp³-hybridized carbons (Fsp3) is 0.0909. The van der Waals surface area contributed by atoms with E-state index in [0.717, 1.165) is 0 Å². The average molecular weight is 485 g/mol. The van der Waals surface area contributed by atoms with Crippen LogP contribution in [0.15, 0.2) is 65.6 Å². The van der Waals surface area contributed by atoms with Crippen LogP contribution in [-0.4, -0.2) is 39.9 Å². The van der Waals surface area contributed by atoms with Crippen LogP contribution in [0.2, 0.25) is 5.02 Å². The Labute approximate surface area is 193 Å². The number of carboxylic acid groups (broad SMARTS) is 1.